The number of hydrogen-bond donors (Lipinski definition) is 2. The van der Waals surface area contributed by atoms with Gasteiger partial charge >= 0.3 is 0 Å². The fraction of sp³-hybridized carbons (Fsp3) is 1.00. The van der Waals surface area contributed by atoms with Crippen molar-refractivity contribution in [1.29, 1.82) is 0 Å². The highest BCUT2D eigenvalue weighted by molar-refractivity contribution is 4.51. The van der Waals surface area contributed by atoms with Crippen molar-refractivity contribution < 1.29 is 10.6 Å². The molecule has 0 saturated heterocycles. The molecule has 0 heterocycles. The lowest BCUT2D eigenvalue weighted by Crippen LogP contribution is -3.00. The summed E-state index contributed by atoms with van der Waals surface area (Å²) in [6, 6.07) is 0. The highest BCUT2D eigenvalue weighted by Gasteiger charge is 2.11. The van der Waals surface area contributed by atoms with Gasteiger partial charge in [0.05, 0.1) is 12.1 Å². The van der Waals surface area contributed by atoms with Crippen LogP contribution in [0.1, 0.15) is 34.1 Å². The molecular weight excluding hydrogens is 136 g/mol. The van der Waals surface area contributed by atoms with Crippen molar-refractivity contribution in [2.75, 3.05) is 19.6 Å². The highest BCUT2D eigenvalue weighted by Crippen LogP contribution is 1.86. The topological polar surface area (TPSA) is 33.2 Å². The molecule has 4 N–H and O–H groups in total. The fourth-order valence-corrected chi connectivity index (χ4v) is 0.983. The molecule has 0 fully saturated rings. The fourth-order valence-electron chi connectivity index (χ4n) is 0.983. The third kappa shape index (κ3) is 9.92. The number of hydrogen-bond acceptors (Lipinski definition) is 0. The van der Waals surface area contributed by atoms with Gasteiger partial charge < -0.3 is 10.6 Å². The van der Waals surface area contributed by atoms with E-state index in [4.69, 9.17) is 0 Å². The summed E-state index contributed by atoms with van der Waals surface area (Å²) in [7, 11) is 0. The third-order valence-electron chi connectivity index (χ3n) is 1.62. The summed E-state index contributed by atoms with van der Waals surface area (Å²) in [5, 5.41) is 4.79. The van der Waals surface area contributed by atoms with Gasteiger partial charge in [0.25, 0.3) is 0 Å². The number of quaternary nitrogens is 2. The number of nitrogens with two attached hydrogens (primary N) is 2. The molecule has 0 saturated carbocycles. The van der Waals surface area contributed by atoms with Crippen molar-refractivity contribution in [3.8, 4) is 0 Å². The summed E-state index contributed by atoms with van der Waals surface area (Å²) in [5.74, 6) is 0. The molecule has 0 aliphatic carbocycles. The standard InChI is InChI=1S/C9H22N2/c1-5-6-10-7-8-11-9(2,3)4/h10-11H,5-8H2,1-4H3/p+2. The zero-order chi connectivity index (χ0) is 8.74. The predicted molar refractivity (Wildman–Crippen MR) is 48.5 cm³/mol. The molecule has 2 nitrogen and oxygen atoms in total. The van der Waals surface area contributed by atoms with Crippen LogP contribution in [0.3, 0.4) is 0 Å². The Morgan fingerprint density at radius 3 is 2.09 bits per heavy atom. The molecule has 0 rings (SSSR count). The quantitative estimate of drug-likeness (QED) is 0.500. The minimum absolute atomic E-state index is 0.403. The highest BCUT2D eigenvalue weighted by atomic mass is 15.0. The van der Waals surface area contributed by atoms with E-state index in [0.717, 1.165) is 0 Å². The second-order valence-electron chi connectivity index (χ2n) is 4.22. The Labute approximate surface area is 70.8 Å². The monoisotopic (exact) mass is 160 g/mol. The molecule has 0 aliphatic rings. The molecule has 0 aromatic carbocycles. The summed E-state index contributed by atoms with van der Waals surface area (Å²) in [6.07, 6.45) is 1.29. The zero-order valence-corrected chi connectivity index (χ0v) is 8.48. The molecule has 0 bridgehead atoms. The van der Waals surface area contributed by atoms with E-state index < -0.39 is 0 Å². The maximum atomic E-state index is 2.40. The van der Waals surface area contributed by atoms with E-state index in [2.05, 4.69) is 38.3 Å². The van der Waals surface area contributed by atoms with E-state index in [1.807, 2.05) is 0 Å². The van der Waals surface area contributed by atoms with Crippen molar-refractivity contribution in [1.82, 2.24) is 0 Å². The molecule has 11 heavy (non-hydrogen) atoms. The molecule has 2 heteroatoms. The third-order valence-corrected chi connectivity index (χ3v) is 1.62. The summed E-state index contributed by atoms with van der Waals surface area (Å²) >= 11 is 0. The van der Waals surface area contributed by atoms with Gasteiger partial charge in [0, 0.05) is 0 Å². The van der Waals surface area contributed by atoms with Gasteiger partial charge in [0.15, 0.2) is 0 Å². The molecule has 0 spiro atoms. The van der Waals surface area contributed by atoms with Crippen LogP contribution in [0, 0.1) is 0 Å². The van der Waals surface area contributed by atoms with Crippen LogP contribution in [0.4, 0.5) is 0 Å². The lowest BCUT2D eigenvalue weighted by Gasteiger charge is -2.15. The van der Waals surface area contributed by atoms with Gasteiger partial charge in [-0.05, 0) is 27.2 Å². The van der Waals surface area contributed by atoms with Crippen molar-refractivity contribution in [3.63, 3.8) is 0 Å². The van der Waals surface area contributed by atoms with Crippen LogP contribution >= 0.6 is 0 Å². The maximum Gasteiger partial charge on any atom is 0.126 e. The van der Waals surface area contributed by atoms with Crippen molar-refractivity contribution >= 4 is 0 Å². The first kappa shape index (κ1) is 10.9. The molecular formula is C9H24N2+2. The van der Waals surface area contributed by atoms with Gasteiger partial charge in [0.2, 0.25) is 0 Å². The van der Waals surface area contributed by atoms with Crippen LogP contribution < -0.4 is 10.6 Å². The van der Waals surface area contributed by atoms with Crippen LogP contribution in [0.2, 0.25) is 0 Å². The zero-order valence-electron chi connectivity index (χ0n) is 8.48. The van der Waals surface area contributed by atoms with Gasteiger partial charge in [-0.15, -0.1) is 0 Å². The van der Waals surface area contributed by atoms with E-state index in [0.29, 0.717) is 5.54 Å². The van der Waals surface area contributed by atoms with Crippen LogP contribution in [0.25, 0.3) is 0 Å². The SMILES string of the molecule is CCC[NH2+]CC[NH2+]C(C)(C)C. The predicted octanol–water partition coefficient (Wildman–Crippen LogP) is -0.678. The Bertz CT molecular complexity index is 84.1. The number of rotatable bonds is 5. The molecule has 0 unspecified atom stereocenters. The van der Waals surface area contributed by atoms with Crippen LogP contribution in [-0.2, 0) is 0 Å². The second-order valence-corrected chi connectivity index (χ2v) is 4.22. The van der Waals surface area contributed by atoms with Crippen LogP contribution in [0.15, 0.2) is 0 Å². The van der Waals surface area contributed by atoms with Crippen LogP contribution in [-0.4, -0.2) is 25.2 Å². The minimum Gasteiger partial charge on any atom is -0.342 e. The van der Waals surface area contributed by atoms with E-state index in [-0.39, 0.29) is 0 Å². The van der Waals surface area contributed by atoms with Gasteiger partial charge in [-0.3, -0.25) is 0 Å². The van der Waals surface area contributed by atoms with Crippen LogP contribution in [0.5, 0.6) is 0 Å². The first-order valence-electron chi connectivity index (χ1n) is 4.72. The largest absolute Gasteiger partial charge is 0.342 e. The van der Waals surface area contributed by atoms with E-state index in [9.17, 15) is 0 Å². The Kier molecular flexibility index (Phi) is 5.51. The first-order valence-corrected chi connectivity index (χ1v) is 4.72. The van der Waals surface area contributed by atoms with Gasteiger partial charge in [-0.2, -0.15) is 0 Å². The second kappa shape index (κ2) is 5.56. The minimum atomic E-state index is 0.403. The average molecular weight is 160 g/mol. The van der Waals surface area contributed by atoms with E-state index >= 15 is 0 Å². The van der Waals surface area contributed by atoms with Gasteiger partial charge in [-0.25, -0.2) is 0 Å². The Morgan fingerprint density at radius 1 is 1.00 bits per heavy atom. The smallest absolute Gasteiger partial charge is 0.126 e. The average Bonchev–Trinajstić information content (AvgIpc) is 1.85. The molecule has 0 aromatic heterocycles. The van der Waals surface area contributed by atoms with Crippen molar-refractivity contribution in [3.05, 3.63) is 0 Å². The lowest BCUT2D eigenvalue weighted by molar-refractivity contribution is -0.757. The molecule has 0 aromatic rings. The first-order chi connectivity index (χ1) is 5.06. The molecule has 0 atom stereocenters. The molecule has 0 aliphatic heterocycles. The summed E-state index contributed by atoms with van der Waals surface area (Å²) < 4.78 is 0. The molecule has 0 amide bonds. The van der Waals surface area contributed by atoms with Gasteiger partial charge in [-0.1, -0.05) is 6.92 Å². The van der Waals surface area contributed by atoms with Crippen molar-refractivity contribution in [2.24, 2.45) is 0 Å². The summed E-state index contributed by atoms with van der Waals surface area (Å²) in [5.41, 5.74) is 0.403. The Hall–Kier alpha value is -0.0800. The Morgan fingerprint density at radius 2 is 1.64 bits per heavy atom. The summed E-state index contributed by atoms with van der Waals surface area (Å²) in [4.78, 5) is 0. The maximum absolute atomic E-state index is 2.40. The lowest BCUT2D eigenvalue weighted by atomic mass is 10.1. The van der Waals surface area contributed by atoms with E-state index in [1.165, 1.54) is 26.1 Å². The van der Waals surface area contributed by atoms with Crippen molar-refractivity contribution in [2.45, 2.75) is 39.7 Å². The van der Waals surface area contributed by atoms with E-state index in [1.54, 1.807) is 0 Å². The summed E-state index contributed by atoms with van der Waals surface area (Å²) in [6.45, 7) is 12.8. The normalized spacial score (nSPS) is 12.0. The molecule has 68 valence electrons. The van der Waals surface area contributed by atoms with Gasteiger partial charge in [0.1, 0.15) is 13.1 Å². The Balaban J connectivity index is 3.02. The molecule has 0 radical (unpaired) electrons.